The Morgan fingerprint density at radius 2 is 1.86 bits per heavy atom. The lowest BCUT2D eigenvalue weighted by Gasteiger charge is -2.22. The lowest BCUT2D eigenvalue weighted by molar-refractivity contribution is 0.0986. The summed E-state index contributed by atoms with van der Waals surface area (Å²) in [7, 11) is 0. The van der Waals surface area contributed by atoms with Gasteiger partial charge >= 0.3 is 0 Å². The van der Waals surface area contributed by atoms with Crippen LogP contribution in [0.1, 0.15) is 29.3 Å². The summed E-state index contributed by atoms with van der Waals surface area (Å²) in [5, 5.41) is 0.530. The standard InChI is InChI=1S/C18H19NOS/c1-13-7-9-15(10-8-13)18(20)19-12-11-14(2)21-17-6-4-3-5-16(17)19/h3-10,14H,11-12H2,1-2H3. The average molecular weight is 297 g/mol. The third-order valence-corrected chi connectivity index (χ3v) is 5.02. The van der Waals surface area contributed by atoms with E-state index in [1.165, 1.54) is 10.5 Å². The first-order chi connectivity index (χ1) is 10.1. The predicted octanol–water partition coefficient (Wildman–Crippen LogP) is 4.53. The number of carbonyl (C=O) groups excluding carboxylic acids is 1. The summed E-state index contributed by atoms with van der Waals surface area (Å²) in [5.41, 5.74) is 2.97. The van der Waals surface area contributed by atoms with Crippen LogP contribution in [0.5, 0.6) is 0 Å². The first kappa shape index (κ1) is 14.2. The summed E-state index contributed by atoms with van der Waals surface area (Å²) in [6.07, 6.45) is 1.01. The van der Waals surface area contributed by atoms with Crippen LogP contribution in [0.2, 0.25) is 0 Å². The van der Waals surface area contributed by atoms with E-state index in [9.17, 15) is 4.79 Å². The Bertz CT molecular complexity index is 651. The number of aryl methyl sites for hydroxylation is 1. The fraction of sp³-hybridized carbons (Fsp3) is 0.278. The lowest BCUT2D eigenvalue weighted by Crippen LogP contribution is -2.32. The second kappa shape index (κ2) is 5.94. The molecule has 0 aromatic heterocycles. The third-order valence-electron chi connectivity index (χ3n) is 3.79. The average Bonchev–Trinajstić information content (AvgIpc) is 2.65. The van der Waals surface area contributed by atoms with Gasteiger partial charge in [-0.1, -0.05) is 36.8 Å². The van der Waals surface area contributed by atoms with Crippen molar-refractivity contribution in [3.63, 3.8) is 0 Å². The highest BCUT2D eigenvalue weighted by Crippen LogP contribution is 2.37. The molecule has 0 N–H and O–H groups in total. The van der Waals surface area contributed by atoms with Crippen molar-refractivity contribution >= 4 is 23.4 Å². The van der Waals surface area contributed by atoms with E-state index in [1.54, 1.807) is 0 Å². The van der Waals surface area contributed by atoms with Gasteiger partial charge in [0.15, 0.2) is 0 Å². The molecule has 1 heterocycles. The molecular formula is C18H19NOS. The molecule has 3 heteroatoms. The molecule has 0 saturated carbocycles. The molecule has 1 amide bonds. The molecule has 1 atom stereocenters. The van der Waals surface area contributed by atoms with Crippen molar-refractivity contribution in [1.29, 1.82) is 0 Å². The first-order valence-electron chi connectivity index (χ1n) is 7.29. The van der Waals surface area contributed by atoms with Gasteiger partial charge in [-0.3, -0.25) is 4.79 Å². The monoisotopic (exact) mass is 297 g/mol. The molecule has 0 bridgehead atoms. The molecule has 2 aromatic rings. The van der Waals surface area contributed by atoms with Gasteiger partial charge in [0.1, 0.15) is 0 Å². The lowest BCUT2D eigenvalue weighted by atomic mass is 10.1. The van der Waals surface area contributed by atoms with Gasteiger partial charge in [-0.25, -0.2) is 0 Å². The van der Waals surface area contributed by atoms with Crippen LogP contribution in [0.4, 0.5) is 5.69 Å². The number of benzene rings is 2. The molecular weight excluding hydrogens is 278 g/mol. The van der Waals surface area contributed by atoms with E-state index in [0.717, 1.165) is 24.2 Å². The molecule has 0 aliphatic carbocycles. The largest absolute Gasteiger partial charge is 0.307 e. The Morgan fingerprint density at radius 3 is 2.62 bits per heavy atom. The number of hydrogen-bond acceptors (Lipinski definition) is 2. The summed E-state index contributed by atoms with van der Waals surface area (Å²) >= 11 is 1.86. The Balaban J connectivity index is 1.97. The molecule has 0 spiro atoms. The van der Waals surface area contributed by atoms with Gasteiger partial charge in [-0.2, -0.15) is 0 Å². The number of para-hydroxylation sites is 1. The van der Waals surface area contributed by atoms with Gasteiger partial charge < -0.3 is 4.90 Å². The zero-order valence-corrected chi connectivity index (χ0v) is 13.2. The molecule has 1 aliphatic rings. The minimum absolute atomic E-state index is 0.0946. The summed E-state index contributed by atoms with van der Waals surface area (Å²) < 4.78 is 0. The van der Waals surface area contributed by atoms with E-state index in [1.807, 2.05) is 66.1 Å². The molecule has 0 saturated heterocycles. The maximum Gasteiger partial charge on any atom is 0.258 e. The number of anilines is 1. The van der Waals surface area contributed by atoms with E-state index in [2.05, 4.69) is 13.0 Å². The molecule has 1 aliphatic heterocycles. The Labute approximate surface area is 130 Å². The Hall–Kier alpha value is -1.74. The molecule has 2 aromatic carbocycles. The van der Waals surface area contributed by atoms with Crippen LogP contribution in [0.15, 0.2) is 53.4 Å². The number of rotatable bonds is 1. The van der Waals surface area contributed by atoms with Crippen LogP contribution < -0.4 is 4.90 Å². The molecule has 0 fully saturated rings. The number of hydrogen-bond donors (Lipinski definition) is 0. The maximum atomic E-state index is 12.8. The Morgan fingerprint density at radius 1 is 1.14 bits per heavy atom. The van der Waals surface area contributed by atoms with Crippen LogP contribution in [-0.4, -0.2) is 17.7 Å². The second-order valence-corrected chi connectivity index (χ2v) is 6.99. The number of nitrogens with zero attached hydrogens (tertiary/aromatic N) is 1. The van der Waals surface area contributed by atoms with Crippen LogP contribution in [0.25, 0.3) is 0 Å². The first-order valence-corrected chi connectivity index (χ1v) is 8.17. The SMILES string of the molecule is Cc1ccc(C(=O)N2CCC(C)Sc3ccccc32)cc1. The van der Waals surface area contributed by atoms with Crippen LogP contribution in [0, 0.1) is 6.92 Å². The fourth-order valence-electron chi connectivity index (χ4n) is 2.55. The van der Waals surface area contributed by atoms with Gasteiger partial charge in [0.2, 0.25) is 0 Å². The van der Waals surface area contributed by atoms with Gasteiger partial charge in [-0.05, 0) is 37.6 Å². The molecule has 3 rings (SSSR count). The highest BCUT2D eigenvalue weighted by Gasteiger charge is 2.24. The van der Waals surface area contributed by atoms with Crippen molar-refractivity contribution in [3.05, 3.63) is 59.7 Å². The van der Waals surface area contributed by atoms with Crippen molar-refractivity contribution in [1.82, 2.24) is 0 Å². The topological polar surface area (TPSA) is 20.3 Å². The van der Waals surface area contributed by atoms with Crippen LogP contribution in [0.3, 0.4) is 0 Å². The minimum atomic E-state index is 0.0946. The number of amides is 1. The van der Waals surface area contributed by atoms with Crippen molar-refractivity contribution in [2.24, 2.45) is 0 Å². The summed E-state index contributed by atoms with van der Waals surface area (Å²) in [5.74, 6) is 0.0946. The van der Waals surface area contributed by atoms with E-state index in [-0.39, 0.29) is 5.91 Å². The summed E-state index contributed by atoms with van der Waals surface area (Å²) in [6.45, 7) is 5.03. The zero-order chi connectivity index (χ0) is 14.8. The Kier molecular flexibility index (Phi) is 4.02. The second-order valence-electron chi connectivity index (χ2n) is 5.51. The molecule has 1 unspecified atom stereocenters. The molecule has 21 heavy (non-hydrogen) atoms. The normalized spacial score (nSPS) is 18.0. The highest BCUT2D eigenvalue weighted by molar-refractivity contribution is 8.00. The van der Waals surface area contributed by atoms with Crippen molar-refractivity contribution in [2.75, 3.05) is 11.4 Å². The fourth-order valence-corrected chi connectivity index (χ4v) is 3.66. The van der Waals surface area contributed by atoms with Crippen molar-refractivity contribution in [2.45, 2.75) is 30.4 Å². The summed E-state index contributed by atoms with van der Waals surface area (Å²) in [4.78, 5) is 16.0. The number of thioether (sulfide) groups is 1. The zero-order valence-electron chi connectivity index (χ0n) is 12.4. The van der Waals surface area contributed by atoms with Gasteiger partial charge in [0.05, 0.1) is 5.69 Å². The van der Waals surface area contributed by atoms with E-state index in [4.69, 9.17) is 0 Å². The predicted molar refractivity (Wildman–Crippen MR) is 89.2 cm³/mol. The summed E-state index contributed by atoms with van der Waals surface area (Å²) in [6, 6.07) is 16.0. The van der Waals surface area contributed by atoms with E-state index < -0.39 is 0 Å². The van der Waals surface area contributed by atoms with E-state index in [0.29, 0.717) is 5.25 Å². The molecule has 108 valence electrons. The smallest absolute Gasteiger partial charge is 0.258 e. The van der Waals surface area contributed by atoms with E-state index >= 15 is 0 Å². The van der Waals surface area contributed by atoms with Gasteiger partial charge in [-0.15, -0.1) is 11.8 Å². The van der Waals surface area contributed by atoms with Crippen molar-refractivity contribution < 1.29 is 4.79 Å². The highest BCUT2D eigenvalue weighted by atomic mass is 32.2. The van der Waals surface area contributed by atoms with Crippen LogP contribution in [-0.2, 0) is 0 Å². The quantitative estimate of drug-likeness (QED) is 0.771. The van der Waals surface area contributed by atoms with Crippen molar-refractivity contribution in [3.8, 4) is 0 Å². The van der Waals surface area contributed by atoms with Crippen LogP contribution >= 0.6 is 11.8 Å². The minimum Gasteiger partial charge on any atom is -0.307 e. The molecule has 0 radical (unpaired) electrons. The maximum absolute atomic E-state index is 12.8. The molecule has 2 nitrogen and oxygen atoms in total. The van der Waals surface area contributed by atoms with Gasteiger partial charge in [0.25, 0.3) is 5.91 Å². The number of carbonyl (C=O) groups is 1. The van der Waals surface area contributed by atoms with Gasteiger partial charge in [0, 0.05) is 22.3 Å². The number of fused-ring (bicyclic) bond motifs is 1. The third kappa shape index (κ3) is 2.98.